The second-order valence-corrected chi connectivity index (χ2v) is 3.88. The lowest BCUT2D eigenvalue weighted by Gasteiger charge is -2.14. The van der Waals surface area contributed by atoms with Crippen molar-refractivity contribution < 1.29 is 32.9 Å². The largest absolute Gasteiger partial charge is 0.493 e. The van der Waals surface area contributed by atoms with E-state index in [-0.39, 0.29) is 25.4 Å². The zero-order valence-corrected chi connectivity index (χ0v) is 9.85. The van der Waals surface area contributed by atoms with Gasteiger partial charge in [-0.15, -0.1) is 0 Å². The van der Waals surface area contributed by atoms with E-state index in [1.165, 1.54) is 12.1 Å². The number of aliphatic carboxylic acids is 1. The van der Waals surface area contributed by atoms with E-state index < -0.39 is 23.6 Å². The summed E-state index contributed by atoms with van der Waals surface area (Å²) in [7, 11) is 0. The molecule has 106 valence electrons. The van der Waals surface area contributed by atoms with Crippen molar-refractivity contribution in [1.29, 1.82) is 0 Å². The smallest absolute Gasteiger partial charge is 0.416 e. The van der Waals surface area contributed by atoms with E-state index in [1.54, 1.807) is 0 Å². The monoisotopic (exact) mass is 278 g/mol. The number of aliphatic hydroxyl groups excluding tert-OH is 1. The number of ether oxygens (including phenoxy) is 1. The summed E-state index contributed by atoms with van der Waals surface area (Å²) in [4.78, 5) is 10.8. The van der Waals surface area contributed by atoms with E-state index in [4.69, 9.17) is 14.9 Å². The Morgan fingerprint density at radius 1 is 1.37 bits per heavy atom. The zero-order chi connectivity index (χ0) is 14.5. The Morgan fingerprint density at radius 2 is 2.05 bits per heavy atom. The quantitative estimate of drug-likeness (QED) is 0.837. The molecular formula is C12H13F3O4. The Kier molecular flexibility index (Phi) is 5.17. The molecule has 7 heteroatoms. The number of carboxylic acids is 1. The number of alkyl halides is 3. The van der Waals surface area contributed by atoms with Gasteiger partial charge in [0.1, 0.15) is 12.4 Å². The normalized spacial score (nSPS) is 13.1. The molecule has 1 unspecified atom stereocenters. The molecule has 0 bridgehead atoms. The van der Waals surface area contributed by atoms with Gasteiger partial charge in [-0.2, -0.15) is 13.2 Å². The van der Waals surface area contributed by atoms with Gasteiger partial charge in [0.25, 0.3) is 0 Å². The highest BCUT2D eigenvalue weighted by Gasteiger charge is 2.30. The molecule has 1 aromatic rings. The maximum Gasteiger partial charge on any atom is 0.416 e. The van der Waals surface area contributed by atoms with Gasteiger partial charge in [-0.05, 0) is 24.6 Å². The highest BCUT2D eigenvalue weighted by atomic mass is 19.4. The van der Waals surface area contributed by atoms with Crippen molar-refractivity contribution in [2.45, 2.75) is 12.6 Å². The van der Waals surface area contributed by atoms with Crippen molar-refractivity contribution in [2.75, 3.05) is 13.2 Å². The van der Waals surface area contributed by atoms with Gasteiger partial charge in [0.2, 0.25) is 0 Å². The molecule has 4 nitrogen and oxygen atoms in total. The molecule has 0 saturated carbocycles. The number of carbonyl (C=O) groups is 1. The van der Waals surface area contributed by atoms with Gasteiger partial charge in [0.05, 0.1) is 11.5 Å². The minimum Gasteiger partial charge on any atom is -0.493 e. The van der Waals surface area contributed by atoms with Crippen molar-refractivity contribution in [3.63, 3.8) is 0 Å². The van der Waals surface area contributed by atoms with Crippen LogP contribution in [0, 0.1) is 5.92 Å². The summed E-state index contributed by atoms with van der Waals surface area (Å²) in [6.07, 6.45) is -4.50. The van der Waals surface area contributed by atoms with E-state index in [2.05, 4.69) is 0 Å². The summed E-state index contributed by atoms with van der Waals surface area (Å²) in [5, 5.41) is 17.5. The van der Waals surface area contributed by atoms with E-state index in [0.717, 1.165) is 12.1 Å². The molecule has 0 aliphatic carbocycles. The second kappa shape index (κ2) is 6.42. The minimum atomic E-state index is -4.48. The fourth-order valence-electron chi connectivity index (χ4n) is 1.39. The van der Waals surface area contributed by atoms with Crippen LogP contribution in [0.25, 0.3) is 0 Å². The Hall–Kier alpha value is -1.76. The first-order chi connectivity index (χ1) is 8.84. The average molecular weight is 278 g/mol. The lowest BCUT2D eigenvalue weighted by atomic mass is 10.1. The molecule has 19 heavy (non-hydrogen) atoms. The van der Waals surface area contributed by atoms with Crippen molar-refractivity contribution in [3.05, 3.63) is 29.8 Å². The van der Waals surface area contributed by atoms with Crippen LogP contribution in [0.5, 0.6) is 5.75 Å². The molecule has 1 aromatic carbocycles. The van der Waals surface area contributed by atoms with Gasteiger partial charge < -0.3 is 14.9 Å². The summed E-state index contributed by atoms with van der Waals surface area (Å²) >= 11 is 0. The van der Waals surface area contributed by atoms with Gasteiger partial charge in [-0.3, -0.25) is 4.79 Å². The van der Waals surface area contributed by atoms with E-state index in [0.29, 0.717) is 0 Å². The standard InChI is InChI=1S/C12H13F3O4/c13-12(14,15)9-2-1-3-10(6-9)19-7-8(4-5-16)11(17)18/h1-3,6,8,16H,4-5,7H2,(H,17,18). The fourth-order valence-corrected chi connectivity index (χ4v) is 1.39. The third kappa shape index (κ3) is 4.78. The van der Waals surface area contributed by atoms with Gasteiger partial charge >= 0.3 is 12.1 Å². The molecule has 2 N–H and O–H groups in total. The number of halogens is 3. The topological polar surface area (TPSA) is 66.8 Å². The van der Waals surface area contributed by atoms with Crippen LogP contribution in [0.4, 0.5) is 13.2 Å². The summed E-state index contributed by atoms with van der Waals surface area (Å²) in [5.41, 5.74) is -0.862. The molecule has 0 fully saturated rings. The lowest BCUT2D eigenvalue weighted by molar-refractivity contribution is -0.143. The highest BCUT2D eigenvalue weighted by molar-refractivity contribution is 5.70. The van der Waals surface area contributed by atoms with Crippen molar-refractivity contribution >= 4 is 5.97 Å². The third-order valence-corrected chi connectivity index (χ3v) is 2.44. The SMILES string of the molecule is O=C(O)C(CCO)COc1cccc(C(F)(F)F)c1. The summed E-state index contributed by atoms with van der Waals surface area (Å²) < 4.78 is 42.3. The van der Waals surface area contributed by atoms with Crippen LogP contribution in [0.3, 0.4) is 0 Å². The van der Waals surface area contributed by atoms with Crippen molar-refractivity contribution in [3.8, 4) is 5.75 Å². The van der Waals surface area contributed by atoms with Gasteiger partial charge in [-0.1, -0.05) is 6.07 Å². The van der Waals surface area contributed by atoms with Gasteiger partial charge in [0, 0.05) is 6.61 Å². The van der Waals surface area contributed by atoms with Gasteiger partial charge in [-0.25, -0.2) is 0 Å². The Labute approximate surface area is 107 Å². The van der Waals surface area contributed by atoms with Crippen molar-refractivity contribution in [2.24, 2.45) is 5.92 Å². The first kappa shape index (κ1) is 15.3. The van der Waals surface area contributed by atoms with Crippen molar-refractivity contribution in [1.82, 2.24) is 0 Å². The molecule has 0 amide bonds. The number of hydrogen-bond donors (Lipinski definition) is 2. The van der Waals surface area contributed by atoms with Crippen LogP contribution in [0.2, 0.25) is 0 Å². The molecule has 0 heterocycles. The van der Waals surface area contributed by atoms with E-state index >= 15 is 0 Å². The van der Waals surface area contributed by atoms with Crippen LogP contribution in [-0.2, 0) is 11.0 Å². The minimum absolute atomic E-state index is 0.0195. The molecule has 0 spiro atoms. The molecule has 1 atom stereocenters. The number of benzene rings is 1. The number of carboxylic acid groups (broad SMARTS) is 1. The van der Waals surface area contributed by atoms with E-state index in [1.807, 2.05) is 0 Å². The second-order valence-electron chi connectivity index (χ2n) is 3.88. The predicted molar refractivity (Wildman–Crippen MR) is 59.8 cm³/mol. The average Bonchev–Trinajstić information content (AvgIpc) is 2.33. The molecule has 0 aromatic heterocycles. The first-order valence-electron chi connectivity index (χ1n) is 5.48. The fraction of sp³-hybridized carbons (Fsp3) is 0.417. The maximum atomic E-state index is 12.4. The van der Waals surface area contributed by atoms with E-state index in [9.17, 15) is 18.0 Å². The predicted octanol–water partition coefficient (Wildman–Crippen LogP) is 2.17. The molecule has 0 saturated heterocycles. The van der Waals surface area contributed by atoms with Crippen LogP contribution in [-0.4, -0.2) is 29.4 Å². The molecular weight excluding hydrogens is 265 g/mol. The van der Waals surface area contributed by atoms with Gasteiger partial charge in [0.15, 0.2) is 0 Å². The number of aliphatic hydroxyl groups is 1. The number of rotatable bonds is 6. The van der Waals surface area contributed by atoms with Crippen LogP contribution in [0.15, 0.2) is 24.3 Å². The van der Waals surface area contributed by atoms with Crippen LogP contribution < -0.4 is 4.74 Å². The first-order valence-corrected chi connectivity index (χ1v) is 5.48. The Morgan fingerprint density at radius 3 is 2.58 bits per heavy atom. The highest BCUT2D eigenvalue weighted by Crippen LogP contribution is 2.31. The van der Waals surface area contributed by atoms with Crippen LogP contribution in [0.1, 0.15) is 12.0 Å². The Bertz CT molecular complexity index is 431. The molecule has 0 radical (unpaired) electrons. The molecule has 0 aliphatic rings. The Balaban J connectivity index is 2.69. The van der Waals surface area contributed by atoms with Crippen LogP contribution >= 0.6 is 0 Å². The summed E-state index contributed by atoms with van der Waals surface area (Å²) in [6, 6.07) is 4.19. The lowest BCUT2D eigenvalue weighted by Crippen LogP contribution is -2.22. The number of hydrogen-bond acceptors (Lipinski definition) is 3. The maximum absolute atomic E-state index is 12.4. The third-order valence-electron chi connectivity index (χ3n) is 2.44. The summed E-state index contributed by atoms with van der Waals surface area (Å²) in [6.45, 7) is -0.625. The molecule has 1 rings (SSSR count). The zero-order valence-electron chi connectivity index (χ0n) is 9.85. The molecule has 0 aliphatic heterocycles. The summed E-state index contributed by atoms with van der Waals surface area (Å²) in [5.74, 6) is -2.18.